The molecular weight excluding hydrogens is 278 g/mol. The molecule has 1 atom stereocenters. The fraction of sp³-hybridized carbons (Fsp3) is 0.214. The molecule has 0 aliphatic heterocycles. The van der Waals surface area contributed by atoms with E-state index in [0.717, 1.165) is 11.3 Å². The minimum Gasteiger partial charge on any atom is -0.497 e. The maximum atomic E-state index is 5.85. The second-order valence-electron chi connectivity index (χ2n) is 4.15. The average molecular weight is 294 g/mol. The predicted octanol–water partition coefficient (Wildman–Crippen LogP) is 2.30. The van der Waals surface area contributed by atoms with Crippen molar-refractivity contribution in [3.8, 4) is 11.5 Å². The summed E-state index contributed by atoms with van der Waals surface area (Å²) in [5.74, 6) is 7.03. The molecule has 0 fully saturated rings. The van der Waals surface area contributed by atoms with Crippen molar-refractivity contribution in [3.05, 3.63) is 52.8 Å². The molecule has 1 aromatic heterocycles. The van der Waals surface area contributed by atoms with Gasteiger partial charge in [0.05, 0.1) is 31.0 Å². The lowest BCUT2D eigenvalue weighted by molar-refractivity contribution is 0.392. The number of pyridine rings is 1. The molecule has 0 amide bonds. The number of rotatable bonds is 5. The van der Waals surface area contributed by atoms with Gasteiger partial charge in [0.2, 0.25) is 0 Å². The Kier molecular flexibility index (Phi) is 4.79. The number of hydrazine groups is 1. The van der Waals surface area contributed by atoms with Crippen LogP contribution in [0.4, 0.5) is 0 Å². The first-order valence-corrected chi connectivity index (χ1v) is 6.36. The lowest BCUT2D eigenvalue weighted by Crippen LogP contribution is -2.29. The van der Waals surface area contributed by atoms with E-state index in [4.69, 9.17) is 26.9 Å². The molecule has 6 heteroatoms. The van der Waals surface area contributed by atoms with Crippen molar-refractivity contribution < 1.29 is 9.47 Å². The smallest absolute Gasteiger partial charge is 0.122 e. The Morgan fingerprint density at radius 1 is 1.15 bits per heavy atom. The lowest BCUT2D eigenvalue weighted by atomic mass is 10.0. The topological polar surface area (TPSA) is 69.4 Å². The first-order chi connectivity index (χ1) is 9.67. The summed E-state index contributed by atoms with van der Waals surface area (Å²) >= 11 is 5.85. The Balaban J connectivity index is 2.42. The number of benzene rings is 1. The number of halogens is 1. The molecule has 0 spiro atoms. The van der Waals surface area contributed by atoms with Gasteiger partial charge in [-0.2, -0.15) is 0 Å². The van der Waals surface area contributed by atoms with Crippen molar-refractivity contribution in [3.63, 3.8) is 0 Å². The maximum absolute atomic E-state index is 5.85. The van der Waals surface area contributed by atoms with Gasteiger partial charge in [0.15, 0.2) is 0 Å². The molecule has 1 unspecified atom stereocenters. The first kappa shape index (κ1) is 14.6. The molecule has 0 aliphatic rings. The number of hydrogen-bond donors (Lipinski definition) is 2. The van der Waals surface area contributed by atoms with Crippen LogP contribution in [-0.4, -0.2) is 19.2 Å². The summed E-state index contributed by atoms with van der Waals surface area (Å²) in [7, 11) is 3.20. The minimum absolute atomic E-state index is 0.281. The van der Waals surface area contributed by atoms with Gasteiger partial charge in [0.1, 0.15) is 11.5 Å². The average Bonchev–Trinajstić information content (AvgIpc) is 2.49. The Morgan fingerprint density at radius 3 is 2.25 bits per heavy atom. The number of nitrogens with one attached hydrogen (secondary N) is 1. The van der Waals surface area contributed by atoms with E-state index < -0.39 is 0 Å². The molecule has 20 heavy (non-hydrogen) atoms. The molecule has 0 saturated heterocycles. The van der Waals surface area contributed by atoms with E-state index >= 15 is 0 Å². The van der Waals surface area contributed by atoms with Crippen molar-refractivity contribution in [1.29, 1.82) is 0 Å². The van der Waals surface area contributed by atoms with E-state index in [0.29, 0.717) is 16.5 Å². The van der Waals surface area contributed by atoms with E-state index in [-0.39, 0.29) is 6.04 Å². The number of nitrogens with zero attached hydrogens (tertiary/aromatic N) is 1. The zero-order valence-corrected chi connectivity index (χ0v) is 12.0. The Bertz CT molecular complexity index is 553. The largest absolute Gasteiger partial charge is 0.497 e. The van der Waals surface area contributed by atoms with Crippen molar-refractivity contribution in [2.24, 2.45) is 5.84 Å². The summed E-state index contributed by atoms with van der Waals surface area (Å²) in [6.45, 7) is 0. The van der Waals surface area contributed by atoms with Crippen LogP contribution < -0.4 is 20.7 Å². The summed E-state index contributed by atoms with van der Waals surface area (Å²) in [6.07, 6.45) is 1.58. The molecule has 3 N–H and O–H groups in total. The van der Waals surface area contributed by atoms with Crippen LogP contribution >= 0.6 is 11.6 Å². The number of hydrogen-bond acceptors (Lipinski definition) is 5. The third-order valence-corrected chi connectivity index (χ3v) is 3.14. The normalized spacial score (nSPS) is 12.0. The third-order valence-electron chi connectivity index (χ3n) is 2.92. The molecule has 1 heterocycles. The highest BCUT2D eigenvalue weighted by atomic mass is 35.5. The molecule has 0 bridgehead atoms. The zero-order valence-electron chi connectivity index (χ0n) is 11.3. The number of aromatic nitrogens is 1. The van der Waals surface area contributed by atoms with Gasteiger partial charge in [-0.25, -0.2) is 5.43 Å². The minimum atomic E-state index is -0.281. The van der Waals surface area contributed by atoms with Gasteiger partial charge in [0.25, 0.3) is 0 Å². The van der Waals surface area contributed by atoms with Crippen molar-refractivity contribution in [2.45, 2.75) is 6.04 Å². The van der Waals surface area contributed by atoms with Gasteiger partial charge in [0, 0.05) is 12.3 Å². The van der Waals surface area contributed by atoms with Gasteiger partial charge in [-0.15, -0.1) is 0 Å². The standard InChI is InChI=1S/C14H16ClN3O2/c1-19-11-5-9(6-12(7-11)20-2)14(18-16)13-4-3-10(15)8-17-13/h3-8,14,18H,16H2,1-2H3. The van der Waals surface area contributed by atoms with Gasteiger partial charge in [-0.3, -0.25) is 10.8 Å². The second-order valence-corrected chi connectivity index (χ2v) is 4.58. The Labute approximate surface area is 122 Å². The fourth-order valence-corrected chi connectivity index (χ4v) is 2.02. The fourth-order valence-electron chi connectivity index (χ4n) is 1.91. The van der Waals surface area contributed by atoms with Crippen LogP contribution in [0.5, 0.6) is 11.5 Å². The second kappa shape index (κ2) is 6.56. The SMILES string of the molecule is COc1cc(OC)cc(C(NN)c2ccc(Cl)cn2)c1. The van der Waals surface area contributed by atoms with E-state index in [1.165, 1.54) is 0 Å². The third kappa shape index (κ3) is 3.19. The highest BCUT2D eigenvalue weighted by Gasteiger charge is 2.16. The first-order valence-electron chi connectivity index (χ1n) is 5.98. The summed E-state index contributed by atoms with van der Waals surface area (Å²) in [5.41, 5.74) is 4.38. The van der Waals surface area contributed by atoms with Crippen LogP contribution in [0.15, 0.2) is 36.5 Å². The van der Waals surface area contributed by atoms with Gasteiger partial charge < -0.3 is 9.47 Å². The molecule has 2 aromatic rings. The number of nitrogens with two attached hydrogens (primary N) is 1. The highest BCUT2D eigenvalue weighted by Crippen LogP contribution is 2.29. The molecular formula is C14H16ClN3O2. The summed E-state index contributed by atoms with van der Waals surface area (Å²) < 4.78 is 10.5. The Hall–Kier alpha value is -1.82. The number of methoxy groups -OCH3 is 2. The summed E-state index contributed by atoms with van der Waals surface area (Å²) in [6, 6.07) is 8.86. The van der Waals surface area contributed by atoms with E-state index in [1.54, 1.807) is 32.5 Å². The molecule has 0 aliphatic carbocycles. The number of ether oxygens (including phenoxy) is 2. The van der Waals surface area contributed by atoms with Crippen molar-refractivity contribution >= 4 is 11.6 Å². The predicted molar refractivity (Wildman–Crippen MR) is 78.0 cm³/mol. The van der Waals surface area contributed by atoms with Crippen LogP contribution in [0.1, 0.15) is 17.3 Å². The van der Waals surface area contributed by atoms with Crippen LogP contribution in [0.25, 0.3) is 0 Å². The molecule has 0 radical (unpaired) electrons. The van der Waals surface area contributed by atoms with Crippen LogP contribution in [-0.2, 0) is 0 Å². The van der Waals surface area contributed by atoms with Gasteiger partial charge in [-0.05, 0) is 29.8 Å². The highest BCUT2D eigenvalue weighted by molar-refractivity contribution is 6.30. The molecule has 2 rings (SSSR count). The van der Waals surface area contributed by atoms with Crippen LogP contribution in [0.2, 0.25) is 5.02 Å². The lowest BCUT2D eigenvalue weighted by Gasteiger charge is -2.17. The van der Waals surface area contributed by atoms with Crippen LogP contribution in [0.3, 0.4) is 0 Å². The molecule has 1 aromatic carbocycles. The van der Waals surface area contributed by atoms with Gasteiger partial charge in [-0.1, -0.05) is 11.6 Å². The van der Waals surface area contributed by atoms with E-state index in [1.807, 2.05) is 18.2 Å². The van der Waals surface area contributed by atoms with Gasteiger partial charge >= 0.3 is 0 Å². The zero-order chi connectivity index (χ0) is 14.5. The molecule has 0 saturated carbocycles. The van der Waals surface area contributed by atoms with Crippen molar-refractivity contribution in [2.75, 3.05) is 14.2 Å². The Morgan fingerprint density at radius 2 is 1.80 bits per heavy atom. The maximum Gasteiger partial charge on any atom is 0.122 e. The summed E-state index contributed by atoms with van der Waals surface area (Å²) in [4.78, 5) is 4.28. The quantitative estimate of drug-likeness (QED) is 0.654. The van der Waals surface area contributed by atoms with Crippen molar-refractivity contribution in [1.82, 2.24) is 10.4 Å². The monoisotopic (exact) mass is 293 g/mol. The van der Waals surface area contributed by atoms with E-state index in [2.05, 4.69) is 10.4 Å². The van der Waals surface area contributed by atoms with E-state index in [9.17, 15) is 0 Å². The molecule has 106 valence electrons. The molecule has 5 nitrogen and oxygen atoms in total. The van der Waals surface area contributed by atoms with Crippen LogP contribution in [0, 0.1) is 0 Å². The summed E-state index contributed by atoms with van der Waals surface area (Å²) in [5, 5.41) is 0.577.